The van der Waals surface area contributed by atoms with E-state index in [4.69, 9.17) is 4.74 Å². The molecule has 178 valence electrons. The number of hydrogen-bond donors (Lipinski definition) is 1. The van der Waals surface area contributed by atoms with Crippen molar-refractivity contribution in [1.29, 1.82) is 0 Å². The maximum atomic E-state index is 14.6. The Bertz CT molecular complexity index is 1250. The smallest absolute Gasteiger partial charge is 0.478 e. The van der Waals surface area contributed by atoms with Gasteiger partial charge in [0.15, 0.2) is 0 Å². The largest absolute Gasteiger partial charge is 0.492 e. The first kappa shape index (κ1) is 22.1. The van der Waals surface area contributed by atoms with E-state index in [2.05, 4.69) is 4.28 Å². The molecule has 11 heteroatoms. The Hall–Kier alpha value is -2.69. The van der Waals surface area contributed by atoms with Crippen LogP contribution < -0.4 is 9.84 Å². The minimum absolute atomic E-state index is 0.00000845. The SMILES string of the molecule is O=C(OCC12CC3CC(CC(C3)C1)C2)C(F)(F)S(=O)(=O)On1c(O)c2ccccc2cc1=O. The zero-order chi connectivity index (χ0) is 23.6. The van der Waals surface area contributed by atoms with Gasteiger partial charge >= 0.3 is 21.3 Å². The predicted molar refractivity (Wildman–Crippen MR) is 112 cm³/mol. The van der Waals surface area contributed by atoms with Crippen molar-refractivity contribution in [3.63, 3.8) is 0 Å². The molecule has 1 heterocycles. The van der Waals surface area contributed by atoms with E-state index in [1.807, 2.05) is 0 Å². The Morgan fingerprint density at radius 1 is 1.12 bits per heavy atom. The highest BCUT2D eigenvalue weighted by Gasteiger charge is 2.59. The van der Waals surface area contributed by atoms with Crippen LogP contribution in [0.15, 0.2) is 35.1 Å². The van der Waals surface area contributed by atoms with E-state index in [0.717, 1.165) is 44.6 Å². The van der Waals surface area contributed by atoms with Gasteiger partial charge in [0.1, 0.15) is 0 Å². The van der Waals surface area contributed by atoms with Crippen molar-refractivity contribution in [3.05, 3.63) is 40.7 Å². The van der Waals surface area contributed by atoms with Gasteiger partial charge < -0.3 is 9.84 Å². The summed E-state index contributed by atoms with van der Waals surface area (Å²) in [5.74, 6) is -1.77. The zero-order valence-electron chi connectivity index (χ0n) is 17.6. The molecule has 0 unspecified atom stereocenters. The van der Waals surface area contributed by atoms with Crippen LogP contribution in [0.2, 0.25) is 0 Å². The van der Waals surface area contributed by atoms with Gasteiger partial charge in [-0.1, -0.05) is 22.9 Å². The van der Waals surface area contributed by atoms with Crippen molar-refractivity contribution in [2.24, 2.45) is 23.2 Å². The second kappa shape index (κ2) is 7.41. The lowest BCUT2D eigenvalue weighted by atomic mass is 9.50. The zero-order valence-corrected chi connectivity index (χ0v) is 18.4. The molecule has 33 heavy (non-hydrogen) atoms. The van der Waals surface area contributed by atoms with E-state index in [1.165, 1.54) is 18.2 Å². The Balaban J connectivity index is 1.34. The van der Waals surface area contributed by atoms with Gasteiger partial charge in [0.25, 0.3) is 5.56 Å². The van der Waals surface area contributed by atoms with Crippen LogP contribution in [0.25, 0.3) is 10.8 Å². The summed E-state index contributed by atoms with van der Waals surface area (Å²) < 4.78 is 62.7. The molecular formula is C22H23F2NO7S. The van der Waals surface area contributed by atoms with Gasteiger partial charge in [0.05, 0.1) is 6.61 Å². The van der Waals surface area contributed by atoms with E-state index in [1.54, 1.807) is 6.07 Å². The molecule has 0 saturated heterocycles. The van der Waals surface area contributed by atoms with E-state index in [0.29, 0.717) is 17.8 Å². The molecule has 4 fully saturated rings. The van der Waals surface area contributed by atoms with Crippen molar-refractivity contribution in [3.8, 4) is 5.88 Å². The second-order valence-corrected chi connectivity index (χ2v) is 11.3. The molecule has 4 bridgehead atoms. The van der Waals surface area contributed by atoms with Crippen molar-refractivity contribution < 1.29 is 36.1 Å². The van der Waals surface area contributed by atoms with Crippen LogP contribution in [0, 0.1) is 23.2 Å². The number of rotatable bonds is 6. The summed E-state index contributed by atoms with van der Waals surface area (Å²) in [6.07, 6.45) is 5.66. The first-order chi connectivity index (χ1) is 15.5. The van der Waals surface area contributed by atoms with Crippen molar-refractivity contribution in [2.75, 3.05) is 6.61 Å². The topological polar surface area (TPSA) is 112 Å². The normalized spacial score (nSPS) is 28.7. The Kier molecular flexibility index (Phi) is 4.97. The number of nitrogens with zero attached hydrogens (tertiary/aromatic N) is 1. The van der Waals surface area contributed by atoms with Crippen LogP contribution in [-0.4, -0.2) is 36.1 Å². The van der Waals surface area contributed by atoms with E-state index in [-0.39, 0.29) is 22.1 Å². The number of benzene rings is 1. The number of carbonyl (C=O) groups excluding carboxylic acids is 1. The van der Waals surface area contributed by atoms with E-state index < -0.39 is 38.2 Å². The summed E-state index contributed by atoms with van der Waals surface area (Å²) in [5.41, 5.74) is -1.59. The standard InChI is InChI=1S/C22H23F2NO7S/c23-22(24,20(28)31-12-21-9-13-5-14(10-21)7-15(6-13)11-21)33(29,30)32-25-18(26)8-16-3-1-2-4-17(16)19(25)27/h1-4,8,13-15,27H,5-7,9-12H2. The lowest BCUT2D eigenvalue weighted by molar-refractivity contribution is -0.172. The molecule has 4 aliphatic carbocycles. The molecular weight excluding hydrogens is 460 g/mol. The summed E-state index contributed by atoms with van der Waals surface area (Å²) in [6.45, 7) is -0.276. The molecule has 6 rings (SSSR count). The number of ether oxygens (including phenoxy) is 1. The highest BCUT2D eigenvalue weighted by molar-refractivity contribution is 7.88. The third-order valence-electron chi connectivity index (χ3n) is 7.27. The molecule has 1 aromatic heterocycles. The molecule has 1 N–H and O–H groups in total. The van der Waals surface area contributed by atoms with Gasteiger partial charge in [-0.05, 0) is 67.7 Å². The average Bonchev–Trinajstić information content (AvgIpc) is 2.74. The summed E-state index contributed by atoms with van der Waals surface area (Å²) in [5, 5.41) is 5.38. The molecule has 0 radical (unpaired) electrons. The van der Waals surface area contributed by atoms with Crippen LogP contribution in [0.4, 0.5) is 8.78 Å². The lowest BCUT2D eigenvalue weighted by Crippen LogP contribution is -2.50. The van der Waals surface area contributed by atoms with Gasteiger partial charge in [0, 0.05) is 16.9 Å². The van der Waals surface area contributed by atoms with Crippen LogP contribution in [0.3, 0.4) is 0 Å². The third kappa shape index (κ3) is 3.66. The Labute approximate surface area is 188 Å². The fourth-order valence-corrected chi connectivity index (χ4v) is 7.02. The Morgan fingerprint density at radius 2 is 1.70 bits per heavy atom. The summed E-state index contributed by atoms with van der Waals surface area (Å²) >= 11 is 0. The monoisotopic (exact) mass is 483 g/mol. The van der Waals surface area contributed by atoms with Crippen LogP contribution >= 0.6 is 0 Å². The third-order valence-corrected chi connectivity index (χ3v) is 8.41. The number of fused-ring (bicyclic) bond motifs is 1. The average molecular weight is 483 g/mol. The predicted octanol–water partition coefficient (Wildman–Crippen LogP) is 2.82. The van der Waals surface area contributed by atoms with E-state index in [9.17, 15) is 31.9 Å². The quantitative estimate of drug-likeness (QED) is 0.629. The molecule has 0 atom stereocenters. The van der Waals surface area contributed by atoms with Crippen molar-refractivity contribution >= 4 is 26.9 Å². The minimum Gasteiger partial charge on any atom is -0.492 e. The molecule has 8 nitrogen and oxygen atoms in total. The number of aromatic hydroxyl groups is 1. The second-order valence-electron chi connectivity index (χ2n) is 9.73. The molecule has 2 aromatic rings. The number of hydrogen-bond acceptors (Lipinski definition) is 7. The fourth-order valence-electron chi connectivity index (χ4n) is 6.32. The number of carbonyl (C=O) groups is 1. The van der Waals surface area contributed by atoms with Crippen LogP contribution in [0.5, 0.6) is 5.88 Å². The van der Waals surface area contributed by atoms with Crippen LogP contribution in [-0.2, 0) is 19.6 Å². The van der Waals surface area contributed by atoms with Crippen molar-refractivity contribution in [2.45, 2.75) is 43.8 Å². The van der Waals surface area contributed by atoms with Gasteiger partial charge in [-0.3, -0.25) is 9.08 Å². The molecule has 4 aliphatic rings. The highest BCUT2D eigenvalue weighted by Crippen LogP contribution is 2.60. The molecule has 0 aliphatic heterocycles. The molecule has 1 aromatic carbocycles. The number of halogens is 2. The number of esters is 1. The molecule has 0 spiro atoms. The first-order valence-electron chi connectivity index (χ1n) is 10.8. The van der Waals surface area contributed by atoms with Gasteiger partial charge in [-0.2, -0.15) is 17.2 Å². The maximum absolute atomic E-state index is 14.6. The first-order valence-corrected chi connectivity index (χ1v) is 12.2. The number of pyridine rings is 1. The molecule has 4 saturated carbocycles. The fraction of sp³-hybridized carbons (Fsp3) is 0.545. The summed E-state index contributed by atoms with van der Waals surface area (Å²) in [7, 11) is -6.01. The number of aromatic nitrogens is 1. The molecule has 0 amide bonds. The Morgan fingerprint density at radius 3 is 2.30 bits per heavy atom. The summed E-state index contributed by atoms with van der Waals surface area (Å²) in [6, 6.07) is 6.77. The summed E-state index contributed by atoms with van der Waals surface area (Å²) in [4.78, 5) is 24.4. The van der Waals surface area contributed by atoms with Crippen molar-refractivity contribution in [1.82, 2.24) is 4.73 Å². The van der Waals surface area contributed by atoms with E-state index >= 15 is 0 Å². The highest BCUT2D eigenvalue weighted by atomic mass is 32.2. The van der Waals surface area contributed by atoms with Crippen LogP contribution in [0.1, 0.15) is 38.5 Å². The van der Waals surface area contributed by atoms with Gasteiger partial charge in [0.2, 0.25) is 5.88 Å². The van der Waals surface area contributed by atoms with Gasteiger partial charge in [-0.15, -0.1) is 0 Å². The van der Waals surface area contributed by atoms with Gasteiger partial charge in [-0.25, -0.2) is 4.79 Å². The maximum Gasteiger partial charge on any atom is 0.478 e. The lowest BCUT2D eigenvalue weighted by Gasteiger charge is -2.56. The number of alkyl halides is 2. The minimum atomic E-state index is -6.01.